The molecule has 0 fully saturated rings. The van der Waals surface area contributed by atoms with Crippen molar-refractivity contribution in [3.8, 4) is 100 Å². The number of benzene rings is 12. The van der Waals surface area contributed by atoms with Crippen LogP contribution in [-0.4, -0.2) is 0 Å². The van der Waals surface area contributed by atoms with Gasteiger partial charge in [0.25, 0.3) is 0 Å². The van der Waals surface area contributed by atoms with E-state index in [-0.39, 0.29) is 0 Å². The number of hydrogen-bond acceptors (Lipinski definition) is 4. The van der Waals surface area contributed by atoms with Gasteiger partial charge >= 0.3 is 0 Å². The van der Waals surface area contributed by atoms with Crippen molar-refractivity contribution in [2.45, 2.75) is 29.4 Å². The van der Waals surface area contributed by atoms with Crippen molar-refractivity contribution >= 4 is 69.0 Å². The largest absolute Gasteiger partial charge is 0.0872 e. The molecule has 0 saturated heterocycles. The van der Waals surface area contributed by atoms with E-state index in [2.05, 4.69) is 273 Å². The van der Waals surface area contributed by atoms with E-state index in [1.54, 1.807) is 0 Å². The van der Waals surface area contributed by atoms with Gasteiger partial charge in [0.1, 0.15) is 0 Å². The Hall–Kier alpha value is -7.66. The normalized spacial score (nSPS) is 13.2. The van der Waals surface area contributed by atoms with Gasteiger partial charge in [-0.25, -0.2) is 0 Å². The third-order valence-corrected chi connectivity index (χ3v) is 24.7. The van der Waals surface area contributed by atoms with Crippen LogP contribution in [0.5, 0.6) is 0 Å². The Bertz CT molecular complexity index is 3660. The smallest absolute Gasteiger partial charge is 0.0447 e. The van der Waals surface area contributed by atoms with E-state index in [0.717, 1.165) is 0 Å². The van der Waals surface area contributed by atoms with Crippen LogP contribution in [0.3, 0.4) is 0 Å². The van der Waals surface area contributed by atoms with Crippen molar-refractivity contribution in [3.63, 3.8) is 0 Å². The Balaban J connectivity index is 1.25. The monoisotopic (exact) mass is 1070 g/mol. The number of rotatable bonds is 9. The summed E-state index contributed by atoms with van der Waals surface area (Å²) in [4.78, 5) is 7.59. The van der Waals surface area contributed by atoms with Crippen LogP contribution in [-0.2, 0) is 11.8 Å². The fourth-order valence-corrected chi connectivity index (χ4v) is 25.1. The summed E-state index contributed by atoms with van der Waals surface area (Å²) < 4.78 is 0. The maximum atomic E-state index is 8.29. The molecule has 12 aromatic carbocycles. The Morgan fingerprint density at radius 3 is 0.455 bits per heavy atom. The molecule has 0 nitrogen and oxygen atoms in total. The van der Waals surface area contributed by atoms with Gasteiger partial charge in [-0.1, -0.05) is 320 Å². The molecule has 0 bridgehead atoms. The second-order valence-electron chi connectivity index (χ2n) is 19.6. The average molecular weight is 1070 g/mol. The molecule has 0 amide bonds. The molecule has 77 heavy (non-hydrogen) atoms. The molecule has 0 aliphatic carbocycles. The molecule has 3 aliphatic heterocycles. The van der Waals surface area contributed by atoms with Crippen molar-refractivity contribution in [1.29, 1.82) is 0 Å². The zero-order valence-electron chi connectivity index (χ0n) is 41.6. The van der Waals surface area contributed by atoms with Gasteiger partial charge in [-0.2, -0.15) is 0 Å². The maximum Gasteiger partial charge on any atom is 0.0447 e. The minimum Gasteiger partial charge on any atom is -0.0872 e. The lowest BCUT2D eigenvalue weighted by Gasteiger charge is -2.47. The molecule has 0 radical (unpaired) electrons. The predicted molar refractivity (Wildman–Crippen MR) is 334 cm³/mol. The third-order valence-electron chi connectivity index (χ3n) is 15.3. The summed E-state index contributed by atoms with van der Waals surface area (Å²) in [6.07, 6.45) is 0. The van der Waals surface area contributed by atoms with E-state index < -0.39 is 6.04 Å². The third kappa shape index (κ3) is 7.35. The topological polar surface area (TPSA) is 0 Å². The van der Waals surface area contributed by atoms with Crippen LogP contribution < -0.4 is 15.9 Å². The molecule has 0 unspecified atom stereocenters. The lowest BCUT2D eigenvalue weighted by molar-refractivity contribution is 1.28. The van der Waals surface area contributed by atoms with E-state index in [1.807, 2.05) is 35.3 Å². The maximum absolute atomic E-state index is 8.29. The molecule has 362 valence electrons. The zero-order chi connectivity index (χ0) is 51.0. The lowest BCUT2D eigenvalue weighted by atomic mass is 9.86. The van der Waals surface area contributed by atoms with Crippen LogP contribution in [0.15, 0.2) is 302 Å². The van der Waals surface area contributed by atoms with Crippen molar-refractivity contribution in [2.75, 3.05) is 0 Å². The molecule has 12 aromatic rings. The van der Waals surface area contributed by atoms with Gasteiger partial charge in [0.05, 0.1) is 0 Å². The van der Waals surface area contributed by atoms with Gasteiger partial charge in [-0.05, 0) is 66.8 Å². The minimum absolute atomic E-state index is 1.18. The van der Waals surface area contributed by atoms with Crippen LogP contribution >= 0.6 is 41.3 Å². The molecular weight excluding hydrogens is 1020 g/mol. The molecule has 3 aliphatic rings. The van der Waals surface area contributed by atoms with Crippen LogP contribution in [0.4, 0.5) is 0 Å². The lowest BCUT2D eigenvalue weighted by Crippen LogP contribution is -2.40. The molecule has 3 heterocycles. The van der Waals surface area contributed by atoms with E-state index in [4.69, 9.17) is 11.8 Å². The first-order valence-electron chi connectivity index (χ1n) is 26.0. The van der Waals surface area contributed by atoms with E-state index in [9.17, 15) is 0 Å². The highest BCUT2D eigenvalue weighted by Crippen LogP contribution is 2.72. The zero-order valence-corrected chi connectivity index (χ0v) is 45.7. The van der Waals surface area contributed by atoms with Crippen molar-refractivity contribution < 1.29 is 0 Å². The minimum atomic E-state index is -3.13. The van der Waals surface area contributed by atoms with Crippen LogP contribution in [0.1, 0.15) is 0 Å². The highest BCUT2D eigenvalue weighted by molar-refractivity contribution is 8.28. The Morgan fingerprint density at radius 2 is 0.312 bits per heavy atom. The highest BCUT2D eigenvalue weighted by atomic mass is 32.4. The van der Waals surface area contributed by atoms with Crippen molar-refractivity contribution in [3.05, 3.63) is 273 Å². The average Bonchev–Trinajstić information content (AvgIpc) is 3.56. The predicted octanol–water partition coefficient (Wildman–Crippen LogP) is 19.8. The summed E-state index contributed by atoms with van der Waals surface area (Å²) in [5, 5.41) is 3.95. The first kappa shape index (κ1) is 46.6. The second kappa shape index (κ2) is 19.1. The standard InChI is InChI=1S/C72H45PS4/c74-73-64-67-58(49-34-16-4-17-35-49)55(46-28-10-1-11-29-46)59(50-36-18-5-19-37-50)68(64)76-70-61(52-40-22-7-23-41-52)57(48-32-14-3-15-33-48)63(54-44-26-9-27-45-54)72(66(70)73)77-71-62(53-42-24-8-25-43-53)56(47-30-12-2-13-31-47)60(69(75-67)65(71)73)51-38-20-6-21-39-51/h1-45H. The molecular formula is C72H45PS4. The van der Waals surface area contributed by atoms with Crippen molar-refractivity contribution in [2.24, 2.45) is 0 Å². The van der Waals surface area contributed by atoms with Gasteiger partial charge in [0, 0.05) is 84.7 Å². The summed E-state index contributed by atoms with van der Waals surface area (Å²) >= 11 is 14.2. The molecule has 0 N–H and O–H groups in total. The van der Waals surface area contributed by atoms with Crippen LogP contribution in [0.2, 0.25) is 0 Å². The summed E-state index contributed by atoms with van der Waals surface area (Å²) in [7, 11) is 0. The summed E-state index contributed by atoms with van der Waals surface area (Å²) in [5.41, 5.74) is 21.7. The molecule has 0 spiro atoms. The molecule has 15 rings (SSSR count). The van der Waals surface area contributed by atoms with Gasteiger partial charge in [-0.15, -0.1) is 0 Å². The van der Waals surface area contributed by atoms with E-state index in [1.165, 1.54) is 145 Å². The molecule has 0 saturated carbocycles. The van der Waals surface area contributed by atoms with Crippen LogP contribution in [0.25, 0.3) is 100 Å². The Morgan fingerprint density at radius 1 is 0.182 bits per heavy atom. The Kier molecular flexibility index (Phi) is 11.6. The van der Waals surface area contributed by atoms with Crippen molar-refractivity contribution in [1.82, 2.24) is 0 Å². The Labute approximate surface area is 468 Å². The first-order valence-corrected chi connectivity index (χ1v) is 31.3. The summed E-state index contributed by atoms with van der Waals surface area (Å²) in [6.45, 7) is 0. The summed E-state index contributed by atoms with van der Waals surface area (Å²) in [5.74, 6) is 0. The quantitative estimate of drug-likeness (QED) is 0.132. The molecule has 5 heteroatoms. The second-order valence-corrected chi connectivity index (χ2v) is 26.9. The van der Waals surface area contributed by atoms with Gasteiger partial charge < -0.3 is 0 Å². The summed E-state index contributed by atoms with van der Waals surface area (Å²) in [6, 6.07) is 97.5. The fraction of sp³-hybridized carbons (Fsp3) is 0. The molecule has 0 atom stereocenters. The van der Waals surface area contributed by atoms with E-state index in [0.29, 0.717) is 0 Å². The van der Waals surface area contributed by atoms with Gasteiger partial charge in [-0.3, -0.25) is 0 Å². The number of hydrogen-bond donors (Lipinski definition) is 0. The first-order chi connectivity index (χ1) is 38.2. The van der Waals surface area contributed by atoms with Crippen LogP contribution in [0, 0.1) is 0 Å². The molecule has 0 aromatic heterocycles. The van der Waals surface area contributed by atoms with E-state index >= 15 is 0 Å². The van der Waals surface area contributed by atoms with Gasteiger partial charge in [0.2, 0.25) is 0 Å². The fourth-order valence-electron chi connectivity index (χ4n) is 12.1. The highest BCUT2D eigenvalue weighted by Gasteiger charge is 2.52. The van der Waals surface area contributed by atoms with Gasteiger partial charge in [0.15, 0.2) is 0 Å². The SMILES string of the molecule is S=P12c3c4c(-c5ccccc5)c(-c5ccccc5)c(-c5ccccc5)c3Sc3c(-c5ccccc5)c(-c5ccccc5)c(-c5ccccc5)c(c31)Sc1c(-c3ccccc3)c(-c3ccccc3)c(-c3ccccc3)c(c12)S4.